The van der Waals surface area contributed by atoms with Gasteiger partial charge in [0.2, 0.25) is 0 Å². The smallest absolute Gasteiger partial charge is 0.341 e. The number of hydrogen-bond acceptors (Lipinski definition) is 4. The van der Waals surface area contributed by atoms with Crippen LogP contribution in [0.25, 0.3) is 0 Å². The number of ether oxygens (including phenoxy) is 2. The monoisotopic (exact) mass is 249 g/mol. The molecule has 0 aliphatic rings. The van der Waals surface area contributed by atoms with E-state index in [1.54, 1.807) is 6.92 Å². The Balaban J connectivity index is 3.27. The molecule has 0 saturated heterocycles. The molecule has 0 aliphatic carbocycles. The molecule has 0 aromatic heterocycles. The van der Waals surface area contributed by atoms with Gasteiger partial charge in [-0.15, -0.1) is 0 Å². The fraction of sp³-hybridized carbons (Fsp3) is 0.909. The van der Waals surface area contributed by atoms with Gasteiger partial charge >= 0.3 is 13.8 Å². The van der Waals surface area contributed by atoms with E-state index in [1.807, 2.05) is 6.92 Å². The van der Waals surface area contributed by atoms with E-state index < -0.39 is 7.80 Å². The molecule has 1 atom stereocenters. The van der Waals surface area contributed by atoms with Crippen LogP contribution in [0.3, 0.4) is 0 Å². The maximum absolute atomic E-state index is 11.4. The van der Waals surface area contributed by atoms with Crippen LogP contribution >= 0.6 is 7.80 Å². The third kappa shape index (κ3) is 10.1. The summed E-state index contributed by atoms with van der Waals surface area (Å²) in [7, 11) is -1.20. The van der Waals surface area contributed by atoms with Gasteiger partial charge in [-0.1, -0.05) is 18.4 Å². The molecule has 5 heteroatoms. The van der Waals surface area contributed by atoms with Crippen molar-refractivity contribution in [3.05, 3.63) is 0 Å². The van der Waals surface area contributed by atoms with Gasteiger partial charge in [0.25, 0.3) is 0 Å². The van der Waals surface area contributed by atoms with Crippen molar-refractivity contribution in [2.75, 3.05) is 32.1 Å². The van der Waals surface area contributed by atoms with Crippen molar-refractivity contribution in [2.24, 2.45) is 0 Å². The first-order chi connectivity index (χ1) is 7.70. The lowest BCUT2D eigenvalue weighted by molar-refractivity contribution is -0.143. The summed E-state index contributed by atoms with van der Waals surface area (Å²) >= 11 is 0. The van der Waals surface area contributed by atoms with E-state index in [4.69, 9.17) is 9.47 Å². The lowest BCUT2D eigenvalue weighted by atomic mass is 10.5. The van der Waals surface area contributed by atoms with E-state index in [0.717, 1.165) is 13.0 Å². The minimum Gasteiger partial charge on any atom is -0.466 e. The lowest BCUT2D eigenvalue weighted by Gasteiger charge is -1.99. The predicted molar refractivity (Wildman–Crippen MR) is 64.3 cm³/mol. The summed E-state index contributed by atoms with van der Waals surface area (Å²) in [5, 5.41) is 0. The molecule has 4 nitrogen and oxygen atoms in total. The zero-order chi connectivity index (χ0) is 12.2. The number of carbonyl (C=O) groups excluding carboxylic acids is 1. The van der Waals surface area contributed by atoms with Crippen LogP contribution in [0.4, 0.5) is 0 Å². The first-order valence-corrected chi connectivity index (χ1v) is 7.49. The molecule has 0 aromatic carbocycles. The maximum Gasteiger partial charge on any atom is 0.341 e. The summed E-state index contributed by atoms with van der Waals surface area (Å²) in [6.45, 7) is 5.48. The van der Waals surface area contributed by atoms with E-state index in [-0.39, 0.29) is 5.97 Å². The fourth-order valence-electron chi connectivity index (χ4n) is 1.05. The quantitative estimate of drug-likeness (QED) is 0.339. The van der Waals surface area contributed by atoms with Crippen molar-refractivity contribution < 1.29 is 18.8 Å². The molecule has 0 N–H and O–H groups in total. The molecular weight excluding hydrogens is 227 g/mol. The Morgan fingerprint density at radius 2 is 1.88 bits per heavy atom. The van der Waals surface area contributed by atoms with Gasteiger partial charge in [0.15, 0.2) is 6.16 Å². The molecule has 0 rings (SSSR count). The Hall–Kier alpha value is -0.470. The number of hydrogen-bond donors (Lipinski definition) is 0. The highest BCUT2D eigenvalue weighted by Crippen LogP contribution is 2.20. The maximum atomic E-state index is 11.4. The van der Waals surface area contributed by atoms with E-state index >= 15 is 0 Å². The van der Waals surface area contributed by atoms with Crippen molar-refractivity contribution in [1.82, 2.24) is 0 Å². The van der Waals surface area contributed by atoms with Gasteiger partial charge < -0.3 is 9.47 Å². The SMILES string of the molecule is CCCOCC[P+](=O)CCCOC(=O)CC. The Bertz CT molecular complexity index is 206. The number of rotatable bonds is 10. The highest BCUT2D eigenvalue weighted by Gasteiger charge is 2.14. The Morgan fingerprint density at radius 1 is 1.12 bits per heavy atom. The average molecular weight is 249 g/mol. The number of esters is 1. The Morgan fingerprint density at radius 3 is 2.50 bits per heavy atom. The Labute approximate surface area is 98.5 Å². The molecule has 1 unspecified atom stereocenters. The largest absolute Gasteiger partial charge is 0.466 e. The van der Waals surface area contributed by atoms with Crippen LogP contribution in [0.2, 0.25) is 0 Å². The molecular formula is C11H22O4P+. The summed E-state index contributed by atoms with van der Waals surface area (Å²) in [6, 6.07) is 0. The van der Waals surface area contributed by atoms with Crippen LogP contribution in [0.1, 0.15) is 33.1 Å². The zero-order valence-electron chi connectivity index (χ0n) is 10.2. The van der Waals surface area contributed by atoms with Crippen LogP contribution in [0.5, 0.6) is 0 Å². The minimum absolute atomic E-state index is 0.193. The van der Waals surface area contributed by atoms with Crippen molar-refractivity contribution in [3.63, 3.8) is 0 Å². The first kappa shape index (κ1) is 15.5. The standard InChI is InChI=1S/C11H22O4P/c1-3-6-14-8-10-16(13)9-5-7-15-11(12)4-2/h3-10H2,1-2H3/q+1. The van der Waals surface area contributed by atoms with E-state index in [9.17, 15) is 9.36 Å². The zero-order valence-corrected chi connectivity index (χ0v) is 11.1. The molecule has 0 aromatic rings. The van der Waals surface area contributed by atoms with Crippen LogP contribution in [-0.2, 0) is 18.8 Å². The van der Waals surface area contributed by atoms with Crippen LogP contribution in [-0.4, -0.2) is 38.1 Å². The molecule has 0 spiro atoms. The van der Waals surface area contributed by atoms with E-state index in [1.165, 1.54) is 0 Å². The molecule has 0 heterocycles. The number of carbonyl (C=O) groups is 1. The summed E-state index contributed by atoms with van der Waals surface area (Å²) in [6.07, 6.45) is 3.29. The third-order valence-corrected chi connectivity index (χ3v) is 3.43. The van der Waals surface area contributed by atoms with Crippen molar-refractivity contribution in [2.45, 2.75) is 33.1 Å². The van der Waals surface area contributed by atoms with Gasteiger partial charge in [-0.25, -0.2) is 0 Å². The second kappa shape index (κ2) is 11.0. The van der Waals surface area contributed by atoms with Crippen molar-refractivity contribution in [3.8, 4) is 0 Å². The predicted octanol–water partition coefficient (Wildman–Crippen LogP) is 2.58. The second-order valence-corrected chi connectivity index (χ2v) is 5.33. The molecule has 0 bridgehead atoms. The molecule has 0 aliphatic heterocycles. The molecule has 0 fully saturated rings. The first-order valence-electron chi connectivity index (χ1n) is 5.86. The summed E-state index contributed by atoms with van der Waals surface area (Å²) in [4.78, 5) is 10.8. The van der Waals surface area contributed by atoms with Gasteiger partial charge in [-0.05, 0) is 6.42 Å². The van der Waals surface area contributed by atoms with Crippen LogP contribution in [0.15, 0.2) is 0 Å². The van der Waals surface area contributed by atoms with Gasteiger partial charge in [0.1, 0.15) is 6.16 Å². The van der Waals surface area contributed by atoms with E-state index in [2.05, 4.69) is 0 Å². The summed E-state index contributed by atoms with van der Waals surface area (Å²) in [5.74, 6) is -0.193. The lowest BCUT2D eigenvalue weighted by Crippen LogP contribution is -2.05. The summed E-state index contributed by atoms with van der Waals surface area (Å²) < 4.78 is 21.6. The second-order valence-electron chi connectivity index (χ2n) is 3.47. The van der Waals surface area contributed by atoms with Gasteiger partial charge in [0.05, 0.1) is 13.2 Å². The van der Waals surface area contributed by atoms with Crippen molar-refractivity contribution >= 4 is 13.8 Å². The topological polar surface area (TPSA) is 52.6 Å². The van der Waals surface area contributed by atoms with Crippen LogP contribution < -0.4 is 0 Å². The minimum atomic E-state index is -1.20. The highest BCUT2D eigenvalue weighted by atomic mass is 31.1. The molecule has 16 heavy (non-hydrogen) atoms. The van der Waals surface area contributed by atoms with E-state index in [0.29, 0.717) is 38.4 Å². The average Bonchev–Trinajstić information content (AvgIpc) is 2.30. The molecule has 0 amide bonds. The summed E-state index contributed by atoms with van der Waals surface area (Å²) in [5.41, 5.74) is 0. The normalized spacial score (nSPS) is 11.2. The molecule has 0 radical (unpaired) electrons. The van der Waals surface area contributed by atoms with Gasteiger partial charge in [-0.3, -0.25) is 4.79 Å². The third-order valence-electron chi connectivity index (χ3n) is 1.94. The van der Waals surface area contributed by atoms with Gasteiger partial charge in [0, 0.05) is 19.4 Å². The highest BCUT2D eigenvalue weighted by molar-refractivity contribution is 7.44. The van der Waals surface area contributed by atoms with Crippen LogP contribution in [0, 0.1) is 0 Å². The fourth-order valence-corrected chi connectivity index (χ4v) is 2.09. The molecule has 0 saturated carbocycles. The molecule has 94 valence electrons. The Kier molecular flexibility index (Phi) is 10.7. The van der Waals surface area contributed by atoms with Crippen molar-refractivity contribution in [1.29, 1.82) is 0 Å². The van der Waals surface area contributed by atoms with Gasteiger partial charge in [-0.2, -0.15) is 0 Å².